The van der Waals surface area contributed by atoms with E-state index in [0.29, 0.717) is 24.7 Å². The third-order valence-electron chi connectivity index (χ3n) is 3.00. The molecule has 1 aromatic heterocycles. The van der Waals surface area contributed by atoms with Gasteiger partial charge in [-0.05, 0) is 25.0 Å². The Bertz CT molecular complexity index is 620. The fraction of sp³-hybridized carbons (Fsp3) is 0.375. The predicted octanol–water partition coefficient (Wildman–Crippen LogP) is 2.93. The summed E-state index contributed by atoms with van der Waals surface area (Å²) in [5.74, 6) is 0.565. The van der Waals surface area contributed by atoms with Crippen molar-refractivity contribution in [2.75, 3.05) is 6.61 Å². The second-order valence-corrected chi connectivity index (χ2v) is 4.66. The summed E-state index contributed by atoms with van der Waals surface area (Å²) in [4.78, 5) is 18.9. The summed E-state index contributed by atoms with van der Waals surface area (Å²) in [6.07, 6.45) is 2.13. The number of nitrogens with one attached hydrogen (secondary N) is 1. The maximum absolute atomic E-state index is 11.7. The number of aromatic nitrogens is 2. The first-order valence-corrected chi connectivity index (χ1v) is 7.00. The molecule has 0 saturated heterocycles. The molecule has 0 aliphatic heterocycles. The van der Waals surface area contributed by atoms with Crippen LogP contribution in [0.5, 0.6) is 0 Å². The number of aromatic amines is 1. The zero-order chi connectivity index (χ0) is 14.4. The van der Waals surface area contributed by atoms with Gasteiger partial charge in [0.25, 0.3) is 5.56 Å². The minimum absolute atomic E-state index is 0.148. The predicted molar refractivity (Wildman–Crippen MR) is 79.6 cm³/mol. The molecule has 0 bridgehead atoms. The molecule has 0 aliphatic carbocycles. The highest BCUT2D eigenvalue weighted by atomic mass is 16.5. The molecule has 20 heavy (non-hydrogen) atoms. The number of aryl methyl sites for hydroxylation is 1. The van der Waals surface area contributed by atoms with E-state index >= 15 is 0 Å². The standard InChI is InChI=1S/C16H20N2O2/c1-3-6-12-7-5-8-13(9-12)14-10-16(19)18-15(17-14)11-20-4-2/h5,7-10H,3-4,6,11H2,1-2H3,(H,17,18,19). The molecular formula is C16H20N2O2. The molecule has 1 N–H and O–H groups in total. The molecule has 0 aliphatic rings. The number of benzene rings is 1. The van der Waals surface area contributed by atoms with Crippen molar-refractivity contribution in [3.63, 3.8) is 0 Å². The Hall–Kier alpha value is -1.94. The van der Waals surface area contributed by atoms with Gasteiger partial charge in [0.05, 0.1) is 5.69 Å². The summed E-state index contributed by atoms with van der Waals surface area (Å²) in [6.45, 7) is 4.99. The highest BCUT2D eigenvalue weighted by molar-refractivity contribution is 5.59. The van der Waals surface area contributed by atoms with Crippen LogP contribution < -0.4 is 5.56 Å². The number of nitrogens with zero attached hydrogens (tertiary/aromatic N) is 1. The van der Waals surface area contributed by atoms with E-state index in [4.69, 9.17) is 4.74 Å². The lowest BCUT2D eigenvalue weighted by atomic mass is 10.0. The third kappa shape index (κ3) is 3.78. The van der Waals surface area contributed by atoms with E-state index < -0.39 is 0 Å². The van der Waals surface area contributed by atoms with Crippen LogP contribution in [-0.4, -0.2) is 16.6 Å². The van der Waals surface area contributed by atoms with Crippen molar-refractivity contribution < 1.29 is 4.74 Å². The SMILES string of the molecule is CCCc1cccc(-c2cc(=O)[nH]c(COCC)n2)c1. The topological polar surface area (TPSA) is 55.0 Å². The molecule has 0 unspecified atom stereocenters. The highest BCUT2D eigenvalue weighted by Gasteiger charge is 2.05. The summed E-state index contributed by atoms with van der Waals surface area (Å²) in [7, 11) is 0. The zero-order valence-electron chi connectivity index (χ0n) is 12.0. The highest BCUT2D eigenvalue weighted by Crippen LogP contribution is 2.18. The summed E-state index contributed by atoms with van der Waals surface area (Å²) >= 11 is 0. The summed E-state index contributed by atoms with van der Waals surface area (Å²) in [5, 5.41) is 0. The normalized spacial score (nSPS) is 10.7. The summed E-state index contributed by atoms with van der Waals surface area (Å²) in [5.41, 5.74) is 2.78. The number of ether oxygens (including phenoxy) is 1. The van der Waals surface area contributed by atoms with E-state index in [0.717, 1.165) is 18.4 Å². The zero-order valence-corrected chi connectivity index (χ0v) is 12.0. The molecular weight excluding hydrogens is 252 g/mol. The van der Waals surface area contributed by atoms with Crippen LogP contribution in [-0.2, 0) is 17.8 Å². The van der Waals surface area contributed by atoms with Gasteiger partial charge in [0.1, 0.15) is 12.4 Å². The quantitative estimate of drug-likeness (QED) is 0.879. The van der Waals surface area contributed by atoms with Crippen LogP contribution in [0.25, 0.3) is 11.3 Å². The molecule has 4 heteroatoms. The lowest BCUT2D eigenvalue weighted by Crippen LogP contribution is -2.12. The summed E-state index contributed by atoms with van der Waals surface area (Å²) < 4.78 is 5.30. The average molecular weight is 272 g/mol. The van der Waals surface area contributed by atoms with E-state index in [1.165, 1.54) is 11.6 Å². The maximum Gasteiger partial charge on any atom is 0.251 e. The second kappa shape index (κ2) is 7.01. The monoisotopic (exact) mass is 272 g/mol. The Labute approximate surface area is 118 Å². The lowest BCUT2D eigenvalue weighted by Gasteiger charge is -2.06. The van der Waals surface area contributed by atoms with Crippen LogP contribution in [0.2, 0.25) is 0 Å². The van der Waals surface area contributed by atoms with Gasteiger partial charge in [-0.1, -0.05) is 31.5 Å². The van der Waals surface area contributed by atoms with Crippen molar-refractivity contribution in [3.05, 3.63) is 52.1 Å². The Kier molecular flexibility index (Phi) is 5.07. The van der Waals surface area contributed by atoms with Crippen molar-refractivity contribution in [1.29, 1.82) is 0 Å². The third-order valence-corrected chi connectivity index (χ3v) is 3.00. The van der Waals surface area contributed by atoms with Crippen LogP contribution in [0, 0.1) is 0 Å². The first-order valence-electron chi connectivity index (χ1n) is 7.00. The fourth-order valence-electron chi connectivity index (χ4n) is 2.10. The molecule has 0 fully saturated rings. The van der Waals surface area contributed by atoms with E-state index in [9.17, 15) is 4.79 Å². The molecule has 1 heterocycles. The number of hydrogen-bond donors (Lipinski definition) is 1. The van der Waals surface area contributed by atoms with Gasteiger partial charge in [0.2, 0.25) is 0 Å². The van der Waals surface area contributed by atoms with Crippen LogP contribution >= 0.6 is 0 Å². The Balaban J connectivity index is 2.33. The molecule has 0 amide bonds. The van der Waals surface area contributed by atoms with Crippen molar-refractivity contribution in [3.8, 4) is 11.3 Å². The minimum Gasteiger partial charge on any atom is -0.374 e. The van der Waals surface area contributed by atoms with E-state index in [1.807, 2.05) is 19.1 Å². The van der Waals surface area contributed by atoms with E-state index in [1.54, 1.807) is 0 Å². The van der Waals surface area contributed by atoms with E-state index in [-0.39, 0.29) is 5.56 Å². The van der Waals surface area contributed by atoms with Gasteiger partial charge in [-0.2, -0.15) is 0 Å². The number of hydrogen-bond acceptors (Lipinski definition) is 3. The first-order chi connectivity index (χ1) is 9.72. The molecule has 1 aromatic carbocycles. The Morgan fingerprint density at radius 2 is 2.10 bits per heavy atom. The Morgan fingerprint density at radius 3 is 2.85 bits per heavy atom. The van der Waals surface area contributed by atoms with Crippen LogP contribution in [0.15, 0.2) is 35.1 Å². The van der Waals surface area contributed by atoms with Crippen LogP contribution in [0.1, 0.15) is 31.7 Å². The molecule has 0 saturated carbocycles. The second-order valence-electron chi connectivity index (χ2n) is 4.66. The van der Waals surface area contributed by atoms with Gasteiger partial charge >= 0.3 is 0 Å². The van der Waals surface area contributed by atoms with Crippen molar-refractivity contribution in [1.82, 2.24) is 9.97 Å². The van der Waals surface area contributed by atoms with Crippen LogP contribution in [0.4, 0.5) is 0 Å². The smallest absolute Gasteiger partial charge is 0.251 e. The van der Waals surface area contributed by atoms with Gasteiger partial charge < -0.3 is 9.72 Å². The molecule has 0 spiro atoms. The minimum atomic E-state index is -0.148. The molecule has 0 radical (unpaired) electrons. The van der Waals surface area contributed by atoms with Gasteiger partial charge in [0, 0.05) is 18.2 Å². The largest absolute Gasteiger partial charge is 0.374 e. The van der Waals surface area contributed by atoms with Crippen LogP contribution in [0.3, 0.4) is 0 Å². The van der Waals surface area contributed by atoms with Gasteiger partial charge in [-0.3, -0.25) is 4.79 Å². The van der Waals surface area contributed by atoms with Gasteiger partial charge in [-0.15, -0.1) is 0 Å². The molecule has 2 aromatic rings. The number of H-pyrrole nitrogens is 1. The van der Waals surface area contributed by atoms with Gasteiger partial charge in [-0.25, -0.2) is 4.98 Å². The van der Waals surface area contributed by atoms with Crippen molar-refractivity contribution >= 4 is 0 Å². The molecule has 4 nitrogen and oxygen atoms in total. The lowest BCUT2D eigenvalue weighted by molar-refractivity contribution is 0.128. The van der Waals surface area contributed by atoms with Gasteiger partial charge in [0.15, 0.2) is 0 Å². The maximum atomic E-state index is 11.7. The van der Waals surface area contributed by atoms with E-state index in [2.05, 4.69) is 29.0 Å². The fourth-order valence-corrected chi connectivity index (χ4v) is 2.10. The molecule has 106 valence electrons. The van der Waals surface area contributed by atoms with Crippen molar-refractivity contribution in [2.45, 2.75) is 33.3 Å². The average Bonchev–Trinajstić information content (AvgIpc) is 2.45. The molecule has 2 rings (SSSR count). The first kappa shape index (κ1) is 14.5. The Morgan fingerprint density at radius 1 is 1.25 bits per heavy atom. The van der Waals surface area contributed by atoms with Crippen molar-refractivity contribution in [2.24, 2.45) is 0 Å². The number of rotatable bonds is 6. The molecule has 0 atom stereocenters. The summed E-state index contributed by atoms with van der Waals surface area (Å²) in [6, 6.07) is 9.70.